The van der Waals surface area contributed by atoms with E-state index in [2.05, 4.69) is 16.0 Å². The molecule has 0 amide bonds. The van der Waals surface area contributed by atoms with Gasteiger partial charge in [-0.1, -0.05) is 23.9 Å². The number of hydrogen-bond donors (Lipinski definition) is 1. The average Bonchev–Trinajstić information content (AvgIpc) is 3.30. The molecular formula is C20H15N3O2S3. The number of aliphatic hydroxyl groups is 1. The zero-order valence-electron chi connectivity index (χ0n) is 14.9. The van der Waals surface area contributed by atoms with Gasteiger partial charge in [0.05, 0.1) is 32.8 Å². The fraction of sp³-hybridized carbons (Fsp3) is 0.150. The van der Waals surface area contributed by atoms with Crippen LogP contribution in [0.5, 0.6) is 5.75 Å². The smallest absolute Gasteiger partial charge is 0.151 e. The summed E-state index contributed by atoms with van der Waals surface area (Å²) < 4.78 is 8.37. The summed E-state index contributed by atoms with van der Waals surface area (Å²) in [6, 6.07) is 15.6. The monoisotopic (exact) mass is 425 g/mol. The molecule has 0 aliphatic carbocycles. The van der Waals surface area contributed by atoms with Gasteiger partial charge >= 0.3 is 0 Å². The Hall–Kier alpha value is -2.60. The van der Waals surface area contributed by atoms with E-state index in [0.29, 0.717) is 11.6 Å². The lowest BCUT2D eigenvalue weighted by Gasteiger charge is -2.00. The maximum Gasteiger partial charge on any atom is 0.151 e. The summed E-state index contributed by atoms with van der Waals surface area (Å²) in [5, 5.41) is 20.6. The Morgan fingerprint density at radius 1 is 1.14 bits per heavy atom. The van der Waals surface area contributed by atoms with Crippen LogP contribution in [0.1, 0.15) is 11.9 Å². The van der Waals surface area contributed by atoms with Crippen molar-refractivity contribution in [2.45, 2.75) is 11.3 Å². The molecule has 0 bridgehead atoms. The predicted molar refractivity (Wildman–Crippen MR) is 116 cm³/mol. The van der Waals surface area contributed by atoms with Crippen molar-refractivity contribution in [3.63, 3.8) is 0 Å². The van der Waals surface area contributed by atoms with Crippen molar-refractivity contribution in [1.29, 1.82) is 5.26 Å². The topological polar surface area (TPSA) is 79.0 Å². The standard InChI is InChI=1S/C20H15N3O2S3/c1-2-25-12-7-8-15-18(9-12)28-20(23-15)26-11-16(24)13(10-21)19-22-14-5-3-4-6-17(14)27-19/h3-9,24H,2,11H2,1H3/b16-13-. The predicted octanol–water partition coefficient (Wildman–Crippen LogP) is 5.89. The van der Waals surface area contributed by atoms with E-state index in [1.165, 1.54) is 23.1 Å². The van der Waals surface area contributed by atoms with Crippen molar-refractivity contribution in [3.8, 4) is 11.8 Å². The van der Waals surface area contributed by atoms with Crippen LogP contribution in [0.3, 0.4) is 0 Å². The molecule has 5 nitrogen and oxygen atoms in total. The summed E-state index contributed by atoms with van der Waals surface area (Å²) in [5.74, 6) is 1.10. The molecule has 8 heteroatoms. The highest BCUT2D eigenvalue weighted by molar-refractivity contribution is 8.01. The number of allylic oxidation sites excluding steroid dienone is 1. The van der Waals surface area contributed by atoms with Gasteiger partial charge in [-0.25, -0.2) is 9.97 Å². The molecule has 2 aromatic heterocycles. The van der Waals surface area contributed by atoms with Gasteiger partial charge in [-0.2, -0.15) is 5.26 Å². The van der Waals surface area contributed by atoms with Crippen LogP contribution >= 0.6 is 34.4 Å². The SMILES string of the molecule is CCOc1ccc2nc(SC/C(O)=C(\C#N)c3nc4ccccc4s3)sc2c1. The van der Waals surface area contributed by atoms with Gasteiger partial charge < -0.3 is 9.84 Å². The molecule has 0 aliphatic heterocycles. The van der Waals surface area contributed by atoms with Crippen LogP contribution in [0.4, 0.5) is 0 Å². The number of para-hydroxylation sites is 1. The van der Waals surface area contributed by atoms with Crippen molar-refractivity contribution >= 4 is 60.4 Å². The number of nitrogens with zero attached hydrogens (tertiary/aromatic N) is 3. The van der Waals surface area contributed by atoms with Gasteiger partial charge in [0.2, 0.25) is 0 Å². The molecule has 0 saturated heterocycles. The third-order valence-corrected chi connectivity index (χ3v) is 7.12. The summed E-state index contributed by atoms with van der Waals surface area (Å²) in [4.78, 5) is 9.04. The molecule has 0 fully saturated rings. The number of ether oxygens (including phenoxy) is 1. The maximum absolute atomic E-state index is 10.5. The number of nitriles is 1. The Balaban J connectivity index is 1.55. The average molecular weight is 426 g/mol. The number of thiazole rings is 2. The third kappa shape index (κ3) is 3.83. The fourth-order valence-corrected chi connectivity index (χ4v) is 5.58. The van der Waals surface area contributed by atoms with Gasteiger partial charge in [-0.15, -0.1) is 22.7 Å². The number of aromatic nitrogens is 2. The normalized spacial score (nSPS) is 12.1. The summed E-state index contributed by atoms with van der Waals surface area (Å²) >= 11 is 4.35. The highest BCUT2D eigenvalue weighted by Gasteiger charge is 2.15. The second kappa shape index (κ2) is 8.19. The van der Waals surface area contributed by atoms with Crippen molar-refractivity contribution in [2.75, 3.05) is 12.4 Å². The molecule has 1 N–H and O–H groups in total. The summed E-state index contributed by atoms with van der Waals surface area (Å²) in [6.07, 6.45) is 0. The van der Waals surface area contributed by atoms with E-state index in [9.17, 15) is 10.4 Å². The van der Waals surface area contributed by atoms with Crippen LogP contribution in [0.15, 0.2) is 52.6 Å². The lowest BCUT2D eigenvalue weighted by atomic mass is 10.2. The fourth-order valence-electron chi connectivity index (χ4n) is 2.62. The first kappa shape index (κ1) is 18.7. The van der Waals surface area contributed by atoms with Gasteiger partial charge in [0.15, 0.2) is 4.34 Å². The zero-order valence-corrected chi connectivity index (χ0v) is 17.3. The molecule has 0 saturated carbocycles. The first-order chi connectivity index (χ1) is 13.7. The lowest BCUT2D eigenvalue weighted by molar-refractivity contribution is 0.341. The maximum atomic E-state index is 10.5. The van der Waals surface area contributed by atoms with Gasteiger partial charge in [-0.05, 0) is 37.3 Å². The van der Waals surface area contributed by atoms with E-state index >= 15 is 0 Å². The molecule has 0 atom stereocenters. The Bertz CT molecular complexity index is 1190. The zero-order chi connectivity index (χ0) is 19.5. The van der Waals surface area contributed by atoms with Crippen molar-refractivity contribution < 1.29 is 9.84 Å². The summed E-state index contributed by atoms with van der Waals surface area (Å²) in [6.45, 7) is 2.57. The van der Waals surface area contributed by atoms with E-state index in [-0.39, 0.29) is 17.1 Å². The minimum Gasteiger partial charge on any atom is -0.510 e. The van der Waals surface area contributed by atoms with E-state index in [1.807, 2.05) is 49.4 Å². The van der Waals surface area contributed by atoms with Gasteiger partial charge in [-0.3, -0.25) is 0 Å². The van der Waals surface area contributed by atoms with E-state index in [1.54, 1.807) is 11.3 Å². The van der Waals surface area contributed by atoms with Gasteiger partial charge in [0, 0.05) is 0 Å². The molecule has 2 aromatic carbocycles. The van der Waals surface area contributed by atoms with Crippen LogP contribution in [0.2, 0.25) is 0 Å². The molecule has 4 rings (SSSR count). The number of rotatable bonds is 6. The van der Waals surface area contributed by atoms with Crippen LogP contribution < -0.4 is 4.74 Å². The number of thioether (sulfide) groups is 1. The minimum atomic E-state index is 0.0146. The molecule has 0 unspecified atom stereocenters. The molecule has 28 heavy (non-hydrogen) atoms. The van der Waals surface area contributed by atoms with Crippen molar-refractivity contribution in [3.05, 3.63) is 53.2 Å². The van der Waals surface area contributed by atoms with E-state index in [4.69, 9.17) is 4.74 Å². The molecular weight excluding hydrogens is 410 g/mol. The molecule has 0 spiro atoms. The highest BCUT2D eigenvalue weighted by atomic mass is 32.2. The van der Waals surface area contributed by atoms with Gasteiger partial charge in [0.1, 0.15) is 28.2 Å². The molecule has 2 heterocycles. The summed E-state index contributed by atoms with van der Waals surface area (Å²) in [7, 11) is 0. The van der Waals surface area contributed by atoms with Crippen LogP contribution in [0.25, 0.3) is 26.0 Å². The number of hydrogen-bond acceptors (Lipinski definition) is 8. The van der Waals surface area contributed by atoms with Crippen molar-refractivity contribution in [2.24, 2.45) is 0 Å². The Labute approximate surface area is 173 Å². The number of benzene rings is 2. The van der Waals surface area contributed by atoms with Crippen LogP contribution in [-0.2, 0) is 0 Å². The van der Waals surface area contributed by atoms with E-state index in [0.717, 1.165) is 30.5 Å². The third-order valence-electron chi connectivity index (χ3n) is 3.89. The molecule has 0 radical (unpaired) electrons. The molecule has 4 aromatic rings. The van der Waals surface area contributed by atoms with Crippen LogP contribution in [-0.4, -0.2) is 27.4 Å². The first-order valence-corrected chi connectivity index (χ1v) is 11.1. The molecule has 140 valence electrons. The second-order valence-electron chi connectivity index (χ2n) is 5.75. The second-order valence-corrected chi connectivity index (χ2v) is 9.03. The number of fused-ring (bicyclic) bond motifs is 2. The first-order valence-electron chi connectivity index (χ1n) is 8.52. The lowest BCUT2D eigenvalue weighted by Crippen LogP contribution is -1.92. The Kier molecular flexibility index (Phi) is 5.48. The van der Waals surface area contributed by atoms with Crippen molar-refractivity contribution in [1.82, 2.24) is 9.97 Å². The quantitative estimate of drug-likeness (QED) is 0.236. The Morgan fingerprint density at radius 2 is 1.96 bits per heavy atom. The Morgan fingerprint density at radius 3 is 2.75 bits per heavy atom. The number of aliphatic hydroxyl groups excluding tert-OH is 1. The van der Waals surface area contributed by atoms with E-state index < -0.39 is 0 Å². The molecule has 0 aliphatic rings. The summed E-state index contributed by atoms with van der Waals surface area (Å²) in [5.41, 5.74) is 1.94. The minimum absolute atomic E-state index is 0.0146. The highest BCUT2D eigenvalue weighted by Crippen LogP contribution is 2.34. The van der Waals surface area contributed by atoms with Gasteiger partial charge in [0.25, 0.3) is 0 Å². The largest absolute Gasteiger partial charge is 0.510 e. The van der Waals surface area contributed by atoms with Crippen LogP contribution in [0, 0.1) is 11.3 Å².